The molecule has 3 aromatic carbocycles. The predicted molar refractivity (Wildman–Crippen MR) is 155 cm³/mol. The number of likely N-dealkylation sites (N-methyl/N-ethyl adjacent to an activating group) is 1. The summed E-state index contributed by atoms with van der Waals surface area (Å²) in [5.41, 5.74) is 2.31. The number of halogens is 1. The molecule has 0 aliphatic heterocycles. The Bertz CT molecular complexity index is 1300. The molecule has 3 rings (SSSR count). The third-order valence-corrected chi connectivity index (χ3v) is 8.44. The van der Waals surface area contributed by atoms with Crippen LogP contribution in [0, 0.1) is 10.5 Å². The average Bonchev–Trinajstić information content (AvgIpc) is 2.89. The molecular formula is C28H32IN3O4S. The van der Waals surface area contributed by atoms with Crippen LogP contribution in [0.15, 0.2) is 83.8 Å². The summed E-state index contributed by atoms with van der Waals surface area (Å²) >= 11 is 2.14. The molecule has 0 saturated heterocycles. The maximum atomic E-state index is 13.9. The molecule has 196 valence electrons. The number of sulfonamides is 1. The minimum atomic E-state index is -4.05. The molecule has 0 fully saturated rings. The minimum Gasteiger partial charge on any atom is -0.355 e. The molecule has 0 saturated carbocycles. The highest BCUT2D eigenvalue weighted by molar-refractivity contribution is 14.1. The smallest absolute Gasteiger partial charge is 0.264 e. The molecule has 0 aliphatic carbocycles. The fourth-order valence-corrected chi connectivity index (χ4v) is 5.75. The molecule has 0 heterocycles. The number of benzene rings is 3. The van der Waals surface area contributed by atoms with Gasteiger partial charge in [-0.2, -0.15) is 0 Å². The highest BCUT2D eigenvalue weighted by Crippen LogP contribution is 2.25. The molecule has 37 heavy (non-hydrogen) atoms. The van der Waals surface area contributed by atoms with Crippen LogP contribution in [-0.4, -0.2) is 44.3 Å². The van der Waals surface area contributed by atoms with Crippen LogP contribution in [0.4, 0.5) is 5.69 Å². The monoisotopic (exact) mass is 633 g/mol. The van der Waals surface area contributed by atoms with Crippen molar-refractivity contribution >= 4 is 50.1 Å². The first kappa shape index (κ1) is 28.6. The summed E-state index contributed by atoms with van der Waals surface area (Å²) in [4.78, 5) is 28.4. The van der Waals surface area contributed by atoms with Gasteiger partial charge in [-0.3, -0.25) is 13.9 Å². The topological polar surface area (TPSA) is 86.8 Å². The van der Waals surface area contributed by atoms with Gasteiger partial charge in [-0.15, -0.1) is 0 Å². The molecule has 0 bridgehead atoms. The first-order valence-corrected chi connectivity index (χ1v) is 14.6. The lowest BCUT2D eigenvalue weighted by atomic mass is 10.1. The van der Waals surface area contributed by atoms with E-state index in [2.05, 4.69) is 27.9 Å². The standard InChI is InChI=1S/C28H32IN3O4S/c1-4-26(28(34)30-5-2)31(19-22-13-11-21(3)12-14-22)27(33)20-32(24-17-15-23(29)16-18-24)37(35,36)25-9-7-6-8-10-25/h6-18,26H,4-5,19-20H2,1-3H3,(H,30,34)/t26-/m0/s1. The molecule has 0 radical (unpaired) electrons. The molecule has 1 atom stereocenters. The Morgan fingerprint density at radius 3 is 2.11 bits per heavy atom. The number of carbonyl (C=O) groups excluding carboxylic acids is 2. The fourth-order valence-electron chi connectivity index (χ4n) is 3.96. The summed E-state index contributed by atoms with van der Waals surface area (Å²) in [5, 5.41) is 2.81. The first-order valence-electron chi connectivity index (χ1n) is 12.1. The van der Waals surface area contributed by atoms with Crippen LogP contribution in [0.3, 0.4) is 0 Å². The number of anilines is 1. The van der Waals surface area contributed by atoms with Gasteiger partial charge in [0.05, 0.1) is 10.6 Å². The summed E-state index contributed by atoms with van der Waals surface area (Å²) < 4.78 is 29.5. The molecule has 3 aromatic rings. The van der Waals surface area contributed by atoms with Gasteiger partial charge in [-0.05, 0) is 84.8 Å². The van der Waals surface area contributed by atoms with E-state index >= 15 is 0 Å². The van der Waals surface area contributed by atoms with Crippen molar-refractivity contribution in [1.82, 2.24) is 10.2 Å². The molecule has 1 N–H and O–H groups in total. The highest BCUT2D eigenvalue weighted by Gasteiger charge is 2.33. The van der Waals surface area contributed by atoms with E-state index in [-0.39, 0.29) is 17.3 Å². The summed E-state index contributed by atoms with van der Waals surface area (Å²) in [7, 11) is -4.05. The number of hydrogen-bond acceptors (Lipinski definition) is 4. The van der Waals surface area contributed by atoms with Crippen LogP contribution in [0.1, 0.15) is 31.4 Å². The zero-order valence-corrected chi connectivity index (χ0v) is 24.2. The van der Waals surface area contributed by atoms with Crippen LogP contribution < -0.4 is 9.62 Å². The van der Waals surface area contributed by atoms with Crippen LogP contribution in [0.2, 0.25) is 0 Å². The Kier molecular flexibility index (Phi) is 10.1. The Morgan fingerprint density at radius 2 is 1.54 bits per heavy atom. The maximum absolute atomic E-state index is 13.9. The van der Waals surface area contributed by atoms with Gasteiger partial charge in [-0.25, -0.2) is 8.42 Å². The van der Waals surface area contributed by atoms with E-state index in [0.29, 0.717) is 18.7 Å². The summed E-state index contributed by atoms with van der Waals surface area (Å²) in [5.74, 6) is -0.728. The number of hydrogen-bond donors (Lipinski definition) is 1. The summed E-state index contributed by atoms with van der Waals surface area (Å²) in [6.45, 7) is 5.80. The molecule has 0 unspecified atom stereocenters. The van der Waals surface area contributed by atoms with Gasteiger partial charge < -0.3 is 10.2 Å². The van der Waals surface area contributed by atoms with Crippen molar-refractivity contribution in [2.45, 2.75) is 44.7 Å². The molecule has 0 aliphatic rings. The fraction of sp³-hybridized carbons (Fsp3) is 0.286. The van der Waals surface area contributed by atoms with E-state index in [1.807, 2.05) is 45.0 Å². The van der Waals surface area contributed by atoms with Gasteiger partial charge in [0, 0.05) is 16.7 Å². The van der Waals surface area contributed by atoms with Gasteiger partial charge >= 0.3 is 0 Å². The SMILES string of the molecule is CCNC(=O)[C@H](CC)N(Cc1ccc(C)cc1)C(=O)CN(c1ccc(I)cc1)S(=O)(=O)c1ccccc1. The molecule has 7 nitrogen and oxygen atoms in total. The van der Waals surface area contributed by atoms with Crippen molar-refractivity contribution in [3.05, 3.63) is 93.6 Å². The average molecular weight is 634 g/mol. The Labute approximate surface area is 233 Å². The molecule has 2 amide bonds. The van der Waals surface area contributed by atoms with Crippen molar-refractivity contribution in [2.75, 3.05) is 17.4 Å². The Balaban J connectivity index is 2.03. The Morgan fingerprint density at radius 1 is 0.919 bits per heavy atom. The van der Waals surface area contributed by atoms with Crippen molar-refractivity contribution < 1.29 is 18.0 Å². The van der Waals surface area contributed by atoms with Crippen LogP contribution >= 0.6 is 22.6 Å². The van der Waals surface area contributed by atoms with Gasteiger partial charge in [0.15, 0.2) is 0 Å². The van der Waals surface area contributed by atoms with Gasteiger partial charge in [0.25, 0.3) is 10.0 Å². The van der Waals surface area contributed by atoms with E-state index in [1.54, 1.807) is 42.5 Å². The zero-order valence-electron chi connectivity index (χ0n) is 21.2. The molecule has 0 spiro atoms. The van der Waals surface area contributed by atoms with E-state index in [9.17, 15) is 18.0 Å². The maximum Gasteiger partial charge on any atom is 0.264 e. The number of carbonyl (C=O) groups is 2. The highest BCUT2D eigenvalue weighted by atomic mass is 127. The van der Waals surface area contributed by atoms with Crippen LogP contribution in [-0.2, 0) is 26.2 Å². The minimum absolute atomic E-state index is 0.0854. The number of amides is 2. The van der Waals surface area contributed by atoms with E-state index in [0.717, 1.165) is 19.0 Å². The van der Waals surface area contributed by atoms with Crippen LogP contribution in [0.5, 0.6) is 0 Å². The number of nitrogens with one attached hydrogen (secondary N) is 1. The van der Waals surface area contributed by atoms with Gasteiger partial charge in [0.2, 0.25) is 11.8 Å². The quantitative estimate of drug-likeness (QED) is 0.310. The second-order valence-electron chi connectivity index (χ2n) is 8.63. The van der Waals surface area contributed by atoms with E-state index in [1.165, 1.54) is 17.0 Å². The van der Waals surface area contributed by atoms with Crippen molar-refractivity contribution in [2.24, 2.45) is 0 Å². The summed E-state index contributed by atoms with van der Waals surface area (Å²) in [6, 6.07) is 22.0. The van der Waals surface area contributed by atoms with Crippen molar-refractivity contribution in [1.29, 1.82) is 0 Å². The molecule has 9 heteroatoms. The van der Waals surface area contributed by atoms with E-state index < -0.39 is 28.5 Å². The molecular weight excluding hydrogens is 601 g/mol. The normalized spacial score (nSPS) is 12.0. The second kappa shape index (κ2) is 13.0. The lowest BCUT2D eigenvalue weighted by Gasteiger charge is -2.33. The van der Waals surface area contributed by atoms with Gasteiger partial charge in [-0.1, -0.05) is 55.0 Å². The first-order chi connectivity index (χ1) is 17.7. The number of nitrogens with zero attached hydrogens (tertiary/aromatic N) is 2. The lowest BCUT2D eigenvalue weighted by molar-refractivity contribution is -0.140. The van der Waals surface area contributed by atoms with Crippen molar-refractivity contribution in [3.8, 4) is 0 Å². The summed E-state index contributed by atoms with van der Waals surface area (Å²) in [6.07, 6.45) is 0.387. The number of aryl methyl sites for hydroxylation is 1. The third kappa shape index (κ3) is 7.32. The third-order valence-electron chi connectivity index (χ3n) is 5.94. The van der Waals surface area contributed by atoms with Gasteiger partial charge in [0.1, 0.15) is 12.6 Å². The zero-order chi connectivity index (χ0) is 27.0. The van der Waals surface area contributed by atoms with Crippen LogP contribution in [0.25, 0.3) is 0 Å². The second-order valence-corrected chi connectivity index (χ2v) is 11.7. The van der Waals surface area contributed by atoms with E-state index in [4.69, 9.17) is 0 Å². The van der Waals surface area contributed by atoms with Crippen molar-refractivity contribution in [3.63, 3.8) is 0 Å². The lowest BCUT2D eigenvalue weighted by Crippen LogP contribution is -2.52. The molecule has 0 aromatic heterocycles. The predicted octanol–water partition coefficient (Wildman–Crippen LogP) is 4.74. The number of rotatable bonds is 11. The largest absolute Gasteiger partial charge is 0.355 e. The Hall–Kier alpha value is -2.92.